The van der Waals surface area contributed by atoms with Gasteiger partial charge in [0, 0.05) is 51.0 Å². The average molecular weight is 361 g/mol. The van der Waals surface area contributed by atoms with Crippen LogP contribution < -0.4 is 4.74 Å². The van der Waals surface area contributed by atoms with Gasteiger partial charge in [0.05, 0.1) is 7.11 Å². The lowest BCUT2D eigenvalue weighted by Crippen LogP contribution is -2.38. The number of aromatic nitrogens is 1. The van der Waals surface area contributed by atoms with Gasteiger partial charge in [0.15, 0.2) is 0 Å². The van der Waals surface area contributed by atoms with Gasteiger partial charge in [-0.05, 0) is 69.3 Å². The molecule has 0 amide bonds. The van der Waals surface area contributed by atoms with Crippen LogP contribution in [0.15, 0.2) is 18.3 Å². The molecule has 2 aromatic rings. The smallest absolute Gasteiger partial charge is 0.124 e. The number of rotatable bonds is 6. The van der Waals surface area contributed by atoms with Crippen molar-refractivity contribution in [2.24, 2.45) is 5.92 Å². The van der Waals surface area contributed by atoms with Crippen LogP contribution in [0, 0.1) is 12.8 Å². The zero-order chi connectivity index (χ0) is 17.4. The third-order valence-electron chi connectivity index (χ3n) is 5.72. The summed E-state index contributed by atoms with van der Waals surface area (Å²) < 4.78 is 18.1. The molecular weight excluding hydrogens is 332 g/mol. The Hall–Kier alpha value is -1.33. The van der Waals surface area contributed by atoms with E-state index in [9.17, 15) is 4.21 Å². The van der Waals surface area contributed by atoms with E-state index in [2.05, 4.69) is 28.9 Å². The van der Waals surface area contributed by atoms with E-state index in [1.807, 2.05) is 6.20 Å². The molecule has 2 fully saturated rings. The third-order valence-corrected chi connectivity index (χ3v) is 7.73. The van der Waals surface area contributed by atoms with Gasteiger partial charge in [-0.2, -0.15) is 0 Å². The third kappa shape index (κ3) is 3.63. The number of ether oxygens (including phenoxy) is 1. The van der Waals surface area contributed by atoms with Gasteiger partial charge in [0.25, 0.3) is 0 Å². The van der Waals surface area contributed by atoms with Crippen LogP contribution in [0.4, 0.5) is 0 Å². The van der Waals surface area contributed by atoms with Crippen LogP contribution in [0.5, 0.6) is 5.75 Å². The first-order valence-electron chi connectivity index (χ1n) is 9.38. The van der Waals surface area contributed by atoms with Crippen LogP contribution in [0.2, 0.25) is 0 Å². The molecule has 4 nitrogen and oxygen atoms in total. The highest BCUT2D eigenvalue weighted by Crippen LogP contribution is 2.33. The van der Waals surface area contributed by atoms with Crippen LogP contribution in [0.3, 0.4) is 0 Å². The highest BCUT2D eigenvalue weighted by molar-refractivity contribution is 7.85. The highest BCUT2D eigenvalue weighted by atomic mass is 32.2. The van der Waals surface area contributed by atoms with E-state index in [-0.39, 0.29) is 0 Å². The molecule has 136 valence electrons. The first kappa shape index (κ1) is 17.1. The number of likely N-dealkylation sites (tertiary alicyclic amines) is 1. The van der Waals surface area contributed by atoms with Gasteiger partial charge in [0.1, 0.15) is 5.75 Å². The second-order valence-electron chi connectivity index (χ2n) is 7.61. The number of nitrogens with zero attached hydrogens (tertiary/aromatic N) is 1. The summed E-state index contributed by atoms with van der Waals surface area (Å²) in [6.07, 6.45) is 6.72. The zero-order valence-electron chi connectivity index (χ0n) is 15.2. The highest BCUT2D eigenvalue weighted by Gasteiger charge is 2.30. The Morgan fingerprint density at radius 2 is 2.04 bits per heavy atom. The number of aromatic amines is 1. The minimum Gasteiger partial charge on any atom is -0.496 e. The Labute approximate surface area is 152 Å². The van der Waals surface area contributed by atoms with Crippen molar-refractivity contribution >= 4 is 21.7 Å². The molecule has 1 unspecified atom stereocenters. The van der Waals surface area contributed by atoms with Crippen molar-refractivity contribution in [3.63, 3.8) is 0 Å². The summed E-state index contributed by atoms with van der Waals surface area (Å²) in [5, 5.41) is 1.67. The summed E-state index contributed by atoms with van der Waals surface area (Å²) in [4.78, 5) is 5.84. The van der Waals surface area contributed by atoms with E-state index in [1.165, 1.54) is 34.9 Å². The average Bonchev–Trinajstić information content (AvgIpc) is 3.29. The summed E-state index contributed by atoms with van der Waals surface area (Å²) in [6, 6.07) is 4.28. The summed E-state index contributed by atoms with van der Waals surface area (Å²) in [7, 11) is 1.14. The van der Waals surface area contributed by atoms with E-state index in [0.717, 1.165) is 49.9 Å². The molecule has 1 N–H and O–H groups in total. The Balaban J connectivity index is 1.44. The van der Waals surface area contributed by atoms with Crippen molar-refractivity contribution in [2.45, 2.75) is 44.4 Å². The van der Waals surface area contributed by atoms with Crippen LogP contribution in [0.1, 0.15) is 36.8 Å². The standard InChI is InChI=1S/C20H28N2O2S/c1-14-11-19(24-2)18(17-5-8-21-20(14)17)12-22-9-6-16(7-10-22)25(23)13-15-3-4-15/h5,8,11,15-16,21H,3-4,6-7,9-10,12-13H2,1-2H3. The van der Waals surface area contributed by atoms with Crippen LogP contribution >= 0.6 is 0 Å². The van der Waals surface area contributed by atoms with Gasteiger partial charge < -0.3 is 9.72 Å². The molecule has 0 bridgehead atoms. The van der Waals surface area contributed by atoms with Gasteiger partial charge in [-0.3, -0.25) is 9.11 Å². The van der Waals surface area contributed by atoms with Gasteiger partial charge in [-0.1, -0.05) is 0 Å². The predicted molar refractivity (Wildman–Crippen MR) is 104 cm³/mol. The first-order chi connectivity index (χ1) is 12.2. The number of benzene rings is 1. The van der Waals surface area contributed by atoms with E-state index >= 15 is 0 Å². The van der Waals surface area contributed by atoms with Crippen molar-refractivity contribution in [3.8, 4) is 5.75 Å². The Bertz CT molecular complexity index is 773. The quantitative estimate of drug-likeness (QED) is 0.856. The van der Waals surface area contributed by atoms with E-state index < -0.39 is 10.8 Å². The second kappa shape index (κ2) is 7.12. The maximum Gasteiger partial charge on any atom is 0.124 e. The maximum absolute atomic E-state index is 12.5. The van der Waals surface area contributed by atoms with Crippen LogP contribution in [0.25, 0.3) is 10.9 Å². The number of aryl methyl sites for hydroxylation is 1. The number of nitrogens with one attached hydrogen (secondary N) is 1. The molecule has 2 heterocycles. The molecule has 1 aromatic heterocycles. The summed E-state index contributed by atoms with van der Waals surface area (Å²) in [6.45, 7) is 5.08. The number of hydrogen-bond acceptors (Lipinski definition) is 3. The minimum atomic E-state index is -0.617. The molecular formula is C20H28N2O2S. The Morgan fingerprint density at radius 1 is 1.28 bits per heavy atom. The van der Waals surface area contributed by atoms with E-state index in [0.29, 0.717) is 5.25 Å². The molecule has 1 saturated heterocycles. The number of methoxy groups -OCH3 is 1. The van der Waals surface area contributed by atoms with Crippen LogP contribution in [-0.2, 0) is 17.3 Å². The van der Waals surface area contributed by atoms with Gasteiger partial charge in [0.2, 0.25) is 0 Å². The molecule has 0 spiro atoms. The fourth-order valence-corrected chi connectivity index (χ4v) is 5.79. The lowest BCUT2D eigenvalue weighted by Gasteiger charge is -2.32. The Morgan fingerprint density at radius 3 is 2.72 bits per heavy atom. The first-order valence-corrected chi connectivity index (χ1v) is 10.8. The lowest BCUT2D eigenvalue weighted by atomic mass is 10.0. The molecule has 1 saturated carbocycles. The molecule has 0 radical (unpaired) electrons. The van der Waals surface area contributed by atoms with Gasteiger partial charge in [-0.25, -0.2) is 0 Å². The van der Waals surface area contributed by atoms with Gasteiger partial charge in [-0.15, -0.1) is 0 Å². The van der Waals surface area contributed by atoms with E-state index in [4.69, 9.17) is 4.74 Å². The van der Waals surface area contributed by atoms with Crippen molar-refractivity contribution in [2.75, 3.05) is 26.0 Å². The van der Waals surface area contributed by atoms with Crippen molar-refractivity contribution < 1.29 is 8.95 Å². The molecule has 4 rings (SSSR count). The van der Waals surface area contributed by atoms with Crippen LogP contribution in [-0.4, -0.2) is 45.3 Å². The molecule has 1 atom stereocenters. The maximum atomic E-state index is 12.5. The van der Waals surface area contributed by atoms with E-state index in [1.54, 1.807) is 7.11 Å². The molecule has 1 aliphatic heterocycles. The fourth-order valence-electron chi connectivity index (χ4n) is 3.99. The normalized spacial score (nSPS) is 20.9. The zero-order valence-corrected chi connectivity index (χ0v) is 16.0. The number of hydrogen-bond donors (Lipinski definition) is 1. The monoisotopic (exact) mass is 360 g/mol. The number of piperidine rings is 1. The summed E-state index contributed by atoms with van der Waals surface area (Å²) in [5.74, 6) is 2.68. The second-order valence-corrected chi connectivity index (χ2v) is 9.37. The number of H-pyrrole nitrogens is 1. The SMILES string of the molecule is COc1cc(C)c2[nH]ccc2c1CN1CCC(S(=O)CC2CC2)CC1. The molecule has 5 heteroatoms. The van der Waals surface area contributed by atoms with Crippen molar-refractivity contribution in [1.29, 1.82) is 0 Å². The largest absolute Gasteiger partial charge is 0.496 e. The van der Waals surface area contributed by atoms with Crippen molar-refractivity contribution in [3.05, 3.63) is 29.5 Å². The topological polar surface area (TPSA) is 45.3 Å². The molecule has 2 aliphatic rings. The predicted octanol–water partition coefficient (Wildman–Crippen LogP) is 3.61. The van der Waals surface area contributed by atoms with Crippen molar-refractivity contribution in [1.82, 2.24) is 9.88 Å². The summed E-state index contributed by atoms with van der Waals surface area (Å²) >= 11 is 0. The van der Waals surface area contributed by atoms with Gasteiger partial charge >= 0.3 is 0 Å². The lowest BCUT2D eigenvalue weighted by molar-refractivity contribution is 0.221. The summed E-state index contributed by atoms with van der Waals surface area (Å²) in [5.41, 5.74) is 3.69. The number of fused-ring (bicyclic) bond motifs is 1. The molecule has 1 aliphatic carbocycles. The Kier molecular flexibility index (Phi) is 4.87. The minimum absolute atomic E-state index is 0.407. The molecule has 25 heavy (non-hydrogen) atoms. The molecule has 1 aromatic carbocycles. The fraction of sp³-hybridized carbons (Fsp3) is 0.600.